The third-order valence-corrected chi connectivity index (χ3v) is 4.73. The molecule has 0 saturated carbocycles. The van der Waals surface area contributed by atoms with Crippen LogP contribution in [0.3, 0.4) is 0 Å². The molecule has 0 spiro atoms. The third-order valence-electron chi connectivity index (χ3n) is 4.73. The highest BCUT2D eigenvalue weighted by molar-refractivity contribution is 5.63. The van der Waals surface area contributed by atoms with Crippen LogP contribution in [0, 0.1) is 22.9 Å². The fraction of sp³-hybridized carbons (Fsp3) is 0.368. The molecule has 0 radical (unpaired) electrons. The number of hydrogen-bond donors (Lipinski definition) is 0. The zero-order chi connectivity index (χ0) is 17.8. The highest BCUT2D eigenvalue weighted by atomic mass is 19.1. The van der Waals surface area contributed by atoms with Crippen LogP contribution in [-0.2, 0) is 6.54 Å². The van der Waals surface area contributed by atoms with Crippen molar-refractivity contribution in [2.45, 2.75) is 19.9 Å². The van der Waals surface area contributed by atoms with Crippen LogP contribution in [0.1, 0.15) is 17.5 Å². The van der Waals surface area contributed by atoms with E-state index in [-0.39, 0.29) is 0 Å². The minimum absolute atomic E-state index is 0.378. The highest BCUT2D eigenvalue weighted by Gasteiger charge is 2.25. The van der Waals surface area contributed by atoms with Crippen molar-refractivity contribution in [1.82, 2.24) is 4.90 Å². The molecule has 0 bridgehead atoms. The van der Waals surface area contributed by atoms with Gasteiger partial charge in [0.15, 0.2) is 0 Å². The standard InChI is InChI=1S/C19H22FN3O2/c1-15-6-2-3-7-16(15)14-21-10-5-11-22(13-12-21)18-9-4-8-17(20)19(18)23(24)25/h2-4,6-9H,5,10-14H2,1H3. The number of nitro benzene ring substituents is 1. The van der Waals surface area contributed by atoms with Gasteiger partial charge in [0.05, 0.1) is 4.92 Å². The molecule has 0 unspecified atom stereocenters. The van der Waals surface area contributed by atoms with Gasteiger partial charge in [-0.2, -0.15) is 4.39 Å². The van der Waals surface area contributed by atoms with E-state index in [0.29, 0.717) is 18.8 Å². The summed E-state index contributed by atoms with van der Waals surface area (Å²) in [5.74, 6) is -0.775. The fourth-order valence-corrected chi connectivity index (χ4v) is 3.34. The quantitative estimate of drug-likeness (QED) is 0.627. The molecule has 1 fully saturated rings. The van der Waals surface area contributed by atoms with Crippen molar-refractivity contribution >= 4 is 11.4 Å². The van der Waals surface area contributed by atoms with E-state index in [9.17, 15) is 14.5 Å². The van der Waals surface area contributed by atoms with Gasteiger partial charge < -0.3 is 4.90 Å². The van der Waals surface area contributed by atoms with Gasteiger partial charge in [0, 0.05) is 32.7 Å². The summed E-state index contributed by atoms with van der Waals surface area (Å²) in [7, 11) is 0. The molecule has 3 rings (SSSR count). The van der Waals surface area contributed by atoms with Crippen molar-refractivity contribution in [2.75, 3.05) is 31.1 Å². The second-order valence-electron chi connectivity index (χ2n) is 6.41. The van der Waals surface area contributed by atoms with Crippen LogP contribution in [0.15, 0.2) is 42.5 Å². The van der Waals surface area contributed by atoms with Gasteiger partial charge in [0.2, 0.25) is 5.82 Å². The first-order chi connectivity index (χ1) is 12.1. The molecule has 1 aliphatic heterocycles. The summed E-state index contributed by atoms with van der Waals surface area (Å²) in [5, 5.41) is 11.2. The lowest BCUT2D eigenvalue weighted by Gasteiger charge is -2.24. The Balaban J connectivity index is 1.73. The Hall–Kier alpha value is -2.47. The topological polar surface area (TPSA) is 49.6 Å². The number of rotatable bonds is 4. The summed E-state index contributed by atoms with van der Waals surface area (Å²) in [5.41, 5.74) is 2.52. The average molecular weight is 343 g/mol. The summed E-state index contributed by atoms with van der Waals surface area (Å²) in [6, 6.07) is 12.6. The Morgan fingerprint density at radius 1 is 1.08 bits per heavy atom. The second-order valence-corrected chi connectivity index (χ2v) is 6.41. The maximum atomic E-state index is 13.9. The maximum absolute atomic E-state index is 13.9. The fourth-order valence-electron chi connectivity index (χ4n) is 3.34. The molecular weight excluding hydrogens is 321 g/mol. The van der Waals surface area contributed by atoms with Gasteiger partial charge in [-0.3, -0.25) is 15.0 Å². The monoisotopic (exact) mass is 343 g/mol. The first kappa shape index (κ1) is 17.4. The molecule has 132 valence electrons. The predicted molar refractivity (Wildman–Crippen MR) is 96.3 cm³/mol. The molecule has 1 saturated heterocycles. The zero-order valence-corrected chi connectivity index (χ0v) is 14.3. The summed E-state index contributed by atoms with van der Waals surface area (Å²) in [4.78, 5) is 14.9. The van der Waals surface area contributed by atoms with E-state index in [1.165, 1.54) is 17.2 Å². The molecular formula is C19H22FN3O2. The van der Waals surface area contributed by atoms with Gasteiger partial charge in [-0.1, -0.05) is 30.3 Å². The number of nitrogens with zero attached hydrogens (tertiary/aromatic N) is 3. The van der Waals surface area contributed by atoms with Crippen molar-refractivity contribution in [3.05, 3.63) is 69.5 Å². The van der Waals surface area contributed by atoms with Crippen LogP contribution >= 0.6 is 0 Å². The van der Waals surface area contributed by atoms with E-state index in [2.05, 4.69) is 24.0 Å². The lowest BCUT2D eigenvalue weighted by atomic mass is 10.1. The summed E-state index contributed by atoms with van der Waals surface area (Å²) >= 11 is 0. The molecule has 2 aromatic rings. The number of halogens is 1. The molecule has 0 aliphatic carbocycles. The van der Waals surface area contributed by atoms with E-state index < -0.39 is 16.4 Å². The molecule has 25 heavy (non-hydrogen) atoms. The normalized spacial score (nSPS) is 15.8. The molecule has 5 nitrogen and oxygen atoms in total. The van der Waals surface area contributed by atoms with Gasteiger partial charge in [0.25, 0.3) is 0 Å². The number of para-hydroxylation sites is 1. The highest BCUT2D eigenvalue weighted by Crippen LogP contribution is 2.31. The van der Waals surface area contributed by atoms with Crippen LogP contribution < -0.4 is 4.90 Å². The summed E-state index contributed by atoms with van der Waals surface area (Å²) in [6.07, 6.45) is 0.888. The summed E-state index contributed by atoms with van der Waals surface area (Å²) in [6.45, 7) is 6.03. The van der Waals surface area contributed by atoms with Gasteiger partial charge >= 0.3 is 5.69 Å². The van der Waals surface area contributed by atoms with Gasteiger partial charge in [-0.25, -0.2) is 0 Å². The van der Waals surface area contributed by atoms with E-state index in [4.69, 9.17) is 0 Å². The van der Waals surface area contributed by atoms with Gasteiger partial charge in [0.1, 0.15) is 5.69 Å². The van der Waals surface area contributed by atoms with Gasteiger partial charge in [-0.15, -0.1) is 0 Å². The number of nitro groups is 1. The van der Waals surface area contributed by atoms with Crippen LogP contribution in [-0.4, -0.2) is 36.0 Å². The third kappa shape index (κ3) is 3.96. The lowest BCUT2D eigenvalue weighted by molar-refractivity contribution is -0.386. The van der Waals surface area contributed by atoms with Crippen molar-refractivity contribution in [1.29, 1.82) is 0 Å². The Labute approximate surface area is 146 Å². The summed E-state index contributed by atoms with van der Waals surface area (Å²) < 4.78 is 13.9. The van der Waals surface area contributed by atoms with E-state index in [1.807, 2.05) is 17.0 Å². The Morgan fingerprint density at radius 2 is 1.88 bits per heavy atom. The molecule has 2 aromatic carbocycles. The van der Waals surface area contributed by atoms with Crippen molar-refractivity contribution in [3.8, 4) is 0 Å². The van der Waals surface area contributed by atoms with Crippen LogP contribution in [0.25, 0.3) is 0 Å². The van der Waals surface area contributed by atoms with Crippen molar-refractivity contribution in [2.24, 2.45) is 0 Å². The minimum Gasteiger partial charge on any atom is -0.365 e. The molecule has 0 aromatic heterocycles. The van der Waals surface area contributed by atoms with Crippen molar-refractivity contribution in [3.63, 3.8) is 0 Å². The largest absolute Gasteiger partial charge is 0.365 e. The number of aryl methyl sites for hydroxylation is 1. The van der Waals surface area contributed by atoms with E-state index >= 15 is 0 Å². The van der Waals surface area contributed by atoms with Gasteiger partial charge in [-0.05, 0) is 36.6 Å². The molecule has 6 heteroatoms. The molecule has 0 N–H and O–H groups in total. The van der Waals surface area contributed by atoms with Crippen molar-refractivity contribution < 1.29 is 9.31 Å². The number of benzene rings is 2. The Bertz CT molecular complexity index is 766. The molecule has 0 atom stereocenters. The average Bonchev–Trinajstić information content (AvgIpc) is 2.82. The zero-order valence-electron chi connectivity index (χ0n) is 14.3. The predicted octanol–water partition coefficient (Wildman–Crippen LogP) is 3.75. The first-order valence-corrected chi connectivity index (χ1v) is 8.51. The Kier molecular flexibility index (Phi) is 5.28. The van der Waals surface area contributed by atoms with E-state index in [0.717, 1.165) is 32.1 Å². The first-order valence-electron chi connectivity index (χ1n) is 8.51. The molecule has 1 heterocycles. The number of anilines is 1. The number of hydrogen-bond acceptors (Lipinski definition) is 4. The smallest absolute Gasteiger partial charge is 0.327 e. The Morgan fingerprint density at radius 3 is 2.64 bits per heavy atom. The van der Waals surface area contributed by atoms with E-state index in [1.54, 1.807) is 6.07 Å². The maximum Gasteiger partial charge on any atom is 0.327 e. The molecule has 1 aliphatic rings. The van der Waals surface area contributed by atoms with Crippen LogP contribution in [0.5, 0.6) is 0 Å². The lowest BCUT2D eigenvalue weighted by Crippen LogP contribution is -2.31. The van der Waals surface area contributed by atoms with Crippen LogP contribution in [0.2, 0.25) is 0 Å². The van der Waals surface area contributed by atoms with Crippen LogP contribution in [0.4, 0.5) is 15.8 Å². The SMILES string of the molecule is Cc1ccccc1CN1CCCN(c2cccc(F)c2[N+](=O)[O-])CC1. The minimum atomic E-state index is -0.775. The molecule has 0 amide bonds. The second kappa shape index (κ2) is 7.61.